The maximum atomic E-state index is 13.4. The SMILES string of the molecule is CN(C(=O)Oc1nccc(Cl)c1F)C(C)(C)C. The monoisotopic (exact) mass is 260 g/mol. The molecule has 0 bridgehead atoms. The maximum Gasteiger partial charge on any atom is 0.416 e. The normalized spacial score (nSPS) is 11.2. The van der Waals surface area contributed by atoms with Crippen molar-refractivity contribution >= 4 is 17.7 Å². The fraction of sp³-hybridized carbons (Fsp3) is 0.455. The van der Waals surface area contributed by atoms with Crippen LogP contribution >= 0.6 is 11.6 Å². The van der Waals surface area contributed by atoms with Gasteiger partial charge in [-0.3, -0.25) is 0 Å². The van der Waals surface area contributed by atoms with Crippen molar-refractivity contribution in [2.45, 2.75) is 26.3 Å². The van der Waals surface area contributed by atoms with E-state index in [1.165, 1.54) is 17.2 Å². The average molecular weight is 261 g/mol. The average Bonchev–Trinajstić information content (AvgIpc) is 2.22. The zero-order chi connectivity index (χ0) is 13.2. The second-order valence-corrected chi connectivity index (χ2v) is 4.92. The van der Waals surface area contributed by atoms with Crippen LogP contribution in [0.1, 0.15) is 20.8 Å². The fourth-order valence-corrected chi connectivity index (χ4v) is 1.04. The summed E-state index contributed by atoms with van der Waals surface area (Å²) >= 11 is 5.55. The third-order valence-electron chi connectivity index (χ3n) is 2.27. The van der Waals surface area contributed by atoms with Crippen LogP contribution < -0.4 is 4.74 Å². The minimum atomic E-state index is -0.843. The predicted molar refractivity (Wildman–Crippen MR) is 62.7 cm³/mol. The summed E-state index contributed by atoms with van der Waals surface area (Å²) in [6.07, 6.45) is 0.580. The molecule has 17 heavy (non-hydrogen) atoms. The number of ether oxygens (including phenoxy) is 1. The van der Waals surface area contributed by atoms with E-state index in [4.69, 9.17) is 16.3 Å². The lowest BCUT2D eigenvalue weighted by atomic mass is 10.1. The molecule has 0 spiro atoms. The summed E-state index contributed by atoms with van der Waals surface area (Å²) in [5.41, 5.74) is -0.424. The van der Waals surface area contributed by atoms with Crippen LogP contribution in [-0.2, 0) is 0 Å². The van der Waals surface area contributed by atoms with Crippen LogP contribution in [0.25, 0.3) is 0 Å². The maximum absolute atomic E-state index is 13.4. The van der Waals surface area contributed by atoms with Gasteiger partial charge in [0.1, 0.15) is 0 Å². The second kappa shape index (κ2) is 4.87. The van der Waals surface area contributed by atoms with Crippen LogP contribution in [0.3, 0.4) is 0 Å². The summed E-state index contributed by atoms with van der Waals surface area (Å²) in [6.45, 7) is 5.49. The number of aromatic nitrogens is 1. The number of pyridine rings is 1. The van der Waals surface area contributed by atoms with E-state index >= 15 is 0 Å². The summed E-state index contributed by atoms with van der Waals surface area (Å²) in [5.74, 6) is -1.26. The highest BCUT2D eigenvalue weighted by atomic mass is 35.5. The van der Waals surface area contributed by atoms with Crippen LogP contribution in [0.5, 0.6) is 5.88 Å². The Bertz CT molecular complexity index is 432. The van der Waals surface area contributed by atoms with E-state index < -0.39 is 23.3 Å². The van der Waals surface area contributed by atoms with Gasteiger partial charge in [-0.25, -0.2) is 9.78 Å². The molecule has 1 heterocycles. The van der Waals surface area contributed by atoms with Crippen molar-refractivity contribution in [2.24, 2.45) is 0 Å². The zero-order valence-corrected chi connectivity index (χ0v) is 10.9. The van der Waals surface area contributed by atoms with Gasteiger partial charge in [0.05, 0.1) is 5.02 Å². The Hall–Kier alpha value is -1.36. The number of carbonyl (C=O) groups excluding carboxylic acids is 1. The van der Waals surface area contributed by atoms with E-state index in [2.05, 4.69) is 4.98 Å². The molecule has 0 saturated carbocycles. The Balaban J connectivity index is 2.86. The van der Waals surface area contributed by atoms with Gasteiger partial charge >= 0.3 is 6.09 Å². The van der Waals surface area contributed by atoms with Crippen LogP contribution in [0, 0.1) is 5.82 Å². The Morgan fingerprint density at radius 2 is 2.12 bits per heavy atom. The first-order valence-electron chi connectivity index (χ1n) is 4.99. The molecule has 0 aliphatic rings. The zero-order valence-electron chi connectivity index (χ0n) is 10.1. The summed E-state index contributed by atoms with van der Waals surface area (Å²) in [4.78, 5) is 16.6. The van der Waals surface area contributed by atoms with Crippen molar-refractivity contribution in [3.63, 3.8) is 0 Å². The molecule has 94 valence electrons. The molecule has 0 radical (unpaired) electrons. The molecule has 0 saturated heterocycles. The third kappa shape index (κ3) is 3.30. The smallest absolute Gasteiger partial charge is 0.388 e. The first kappa shape index (κ1) is 13.7. The fourth-order valence-electron chi connectivity index (χ4n) is 0.899. The third-order valence-corrected chi connectivity index (χ3v) is 2.57. The predicted octanol–water partition coefficient (Wildman–Crippen LogP) is 3.10. The molecule has 0 aliphatic carbocycles. The van der Waals surface area contributed by atoms with E-state index in [1.807, 2.05) is 20.8 Å². The number of amides is 1. The minimum Gasteiger partial charge on any atom is -0.388 e. The lowest BCUT2D eigenvalue weighted by Gasteiger charge is -2.30. The van der Waals surface area contributed by atoms with Gasteiger partial charge in [0.25, 0.3) is 5.88 Å². The number of carbonyl (C=O) groups is 1. The number of rotatable bonds is 1. The van der Waals surface area contributed by atoms with Gasteiger partial charge in [0.15, 0.2) is 0 Å². The Labute approximate surface area is 104 Å². The molecule has 0 N–H and O–H groups in total. The molecule has 0 aromatic carbocycles. The largest absolute Gasteiger partial charge is 0.416 e. The standard InChI is InChI=1S/C11H14ClFN2O2/c1-11(2,3)15(4)10(16)17-9-8(13)7(12)5-6-14-9/h5-6H,1-4H3. The van der Waals surface area contributed by atoms with Crippen molar-refractivity contribution in [2.75, 3.05) is 7.05 Å². The Morgan fingerprint density at radius 1 is 1.53 bits per heavy atom. The van der Waals surface area contributed by atoms with Gasteiger partial charge in [-0.05, 0) is 26.8 Å². The second-order valence-electron chi connectivity index (χ2n) is 4.51. The van der Waals surface area contributed by atoms with Gasteiger partial charge in [-0.15, -0.1) is 0 Å². The molecule has 1 amide bonds. The molecule has 1 aromatic heterocycles. The van der Waals surface area contributed by atoms with Gasteiger partial charge < -0.3 is 9.64 Å². The highest BCUT2D eigenvalue weighted by Crippen LogP contribution is 2.22. The molecular weight excluding hydrogens is 247 g/mol. The molecule has 1 rings (SSSR count). The van der Waals surface area contributed by atoms with Crippen molar-refractivity contribution in [3.8, 4) is 5.88 Å². The van der Waals surface area contributed by atoms with E-state index in [1.54, 1.807) is 7.05 Å². The van der Waals surface area contributed by atoms with Crippen LogP contribution in [0.4, 0.5) is 9.18 Å². The van der Waals surface area contributed by atoms with E-state index in [0.717, 1.165) is 0 Å². The molecule has 0 atom stereocenters. The van der Waals surface area contributed by atoms with Gasteiger partial charge in [0.2, 0.25) is 5.82 Å². The van der Waals surface area contributed by atoms with Gasteiger partial charge in [-0.1, -0.05) is 11.6 Å². The molecule has 0 unspecified atom stereocenters. The van der Waals surface area contributed by atoms with Crippen LogP contribution in [0.15, 0.2) is 12.3 Å². The first-order valence-corrected chi connectivity index (χ1v) is 5.37. The van der Waals surface area contributed by atoms with E-state index in [9.17, 15) is 9.18 Å². The Kier molecular flexibility index (Phi) is 3.93. The van der Waals surface area contributed by atoms with Crippen molar-refractivity contribution in [3.05, 3.63) is 23.1 Å². The topological polar surface area (TPSA) is 42.4 Å². The quantitative estimate of drug-likeness (QED) is 0.779. The van der Waals surface area contributed by atoms with Crippen LogP contribution in [0.2, 0.25) is 5.02 Å². The molecule has 0 fully saturated rings. The minimum absolute atomic E-state index is 0.138. The van der Waals surface area contributed by atoms with Gasteiger partial charge in [-0.2, -0.15) is 4.39 Å². The van der Waals surface area contributed by atoms with Crippen molar-refractivity contribution < 1.29 is 13.9 Å². The number of hydrogen-bond acceptors (Lipinski definition) is 3. The number of nitrogens with zero attached hydrogens (tertiary/aromatic N) is 2. The molecule has 4 nitrogen and oxygen atoms in total. The molecular formula is C11H14ClFN2O2. The highest BCUT2D eigenvalue weighted by molar-refractivity contribution is 6.30. The molecule has 6 heteroatoms. The highest BCUT2D eigenvalue weighted by Gasteiger charge is 2.25. The first-order chi connectivity index (χ1) is 7.73. The number of halogens is 2. The van der Waals surface area contributed by atoms with Gasteiger partial charge in [0, 0.05) is 18.8 Å². The lowest BCUT2D eigenvalue weighted by Crippen LogP contribution is -2.44. The summed E-state index contributed by atoms with van der Waals surface area (Å²) in [6, 6.07) is 1.28. The van der Waals surface area contributed by atoms with Crippen molar-refractivity contribution in [1.29, 1.82) is 0 Å². The van der Waals surface area contributed by atoms with Crippen LogP contribution in [-0.4, -0.2) is 28.6 Å². The number of hydrogen-bond donors (Lipinski definition) is 0. The molecule has 1 aromatic rings. The van der Waals surface area contributed by atoms with Crippen molar-refractivity contribution in [1.82, 2.24) is 9.88 Å². The van der Waals surface area contributed by atoms with E-state index in [-0.39, 0.29) is 5.02 Å². The summed E-state index contributed by atoms with van der Waals surface area (Å²) in [7, 11) is 1.56. The molecule has 0 aliphatic heterocycles. The summed E-state index contributed by atoms with van der Waals surface area (Å²) < 4.78 is 18.3. The Morgan fingerprint density at radius 3 is 2.65 bits per heavy atom. The lowest BCUT2D eigenvalue weighted by molar-refractivity contribution is 0.121. The van der Waals surface area contributed by atoms with E-state index in [0.29, 0.717) is 0 Å². The summed E-state index contributed by atoms with van der Waals surface area (Å²) in [5, 5.41) is -0.138.